The van der Waals surface area contributed by atoms with Gasteiger partial charge in [-0.3, -0.25) is 19.5 Å². The van der Waals surface area contributed by atoms with Crippen molar-refractivity contribution in [1.29, 1.82) is 0 Å². The minimum atomic E-state index is -0.770. The lowest BCUT2D eigenvalue weighted by Gasteiger charge is -2.24. The summed E-state index contributed by atoms with van der Waals surface area (Å²) in [6, 6.07) is 10.3. The molecule has 1 aromatic carbocycles. The molecular formula is C23H24Cl2N4O3. The molecule has 2 aromatic rings. The number of pyridine rings is 1. The van der Waals surface area contributed by atoms with Crippen LogP contribution in [0.4, 0.5) is 4.79 Å². The Morgan fingerprint density at radius 2 is 1.88 bits per heavy atom. The van der Waals surface area contributed by atoms with Gasteiger partial charge in [0.15, 0.2) is 0 Å². The number of aromatic nitrogens is 1. The predicted octanol–water partition coefficient (Wildman–Crippen LogP) is 4.17. The van der Waals surface area contributed by atoms with E-state index in [-0.39, 0.29) is 24.8 Å². The number of hydrogen-bond acceptors (Lipinski definition) is 4. The molecule has 9 heteroatoms. The molecule has 1 spiro atoms. The molecule has 1 aliphatic carbocycles. The van der Waals surface area contributed by atoms with E-state index in [4.69, 9.17) is 23.2 Å². The van der Waals surface area contributed by atoms with Crippen molar-refractivity contribution in [3.05, 3.63) is 63.9 Å². The second-order valence-electron chi connectivity index (χ2n) is 8.25. The second kappa shape index (κ2) is 9.46. The highest BCUT2D eigenvalue weighted by Gasteiger charge is 2.52. The summed E-state index contributed by atoms with van der Waals surface area (Å²) in [5.74, 6) is -0.400. The molecule has 4 amide bonds. The van der Waals surface area contributed by atoms with Crippen molar-refractivity contribution in [2.75, 3.05) is 6.54 Å². The molecule has 0 bridgehead atoms. The number of amides is 4. The molecule has 4 rings (SSSR count). The predicted molar refractivity (Wildman–Crippen MR) is 121 cm³/mol. The van der Waals surface area contributed by atoms with Crippen LogP contribution in [0.1, 0.15) is 43.4 Å². The highest BCUT2D eigenvalue weighted by Crippen LogP contribution is 2.35. The molecule has 0 unspecified atom stereocenters. The molecule has 0 atom stereocenters. The number of benzene rings is 1. The maximum absolute atomic E-state index is 13.2. The number of nitrogens with zero attached hydrogens (tertiary/aromatic N) is 3. The van der Waals surface area contributed by atoms with Crippen molar-refractivity contribution < 1.29 is 14.4 Å². The number of nitrogens with one attached hydrogen (secondary N) is 1. The maximum atomic E-state index is 13.2. The van der Waals surface area contributed by atoms with Crippen LogP contribution in [0.15, 0.2) is 42.6 Å². The average molecular weight is 475 g/mol. The minimum Gasteiger partial charge on any atom is -0.332 e. The van der Waals surface area contributed by atoms with Crippen LogP contribution in [-0.2, 0) is 22.7 Å². The standard InChI is InChI=1S/C23H24Cl2N4O3/c24-18-7-6-16(13-19(18)25)14-28(15-17-5-1-4-11-26-17)20(30)8-12-29-21(31)23(27-22(29)32)9-2-3-10-23/h1,4-7,11,13H,2-3,8-10,12,14-15H2,(H,27,32). The lowest BCUT2D eigenvalue weighted by molar-refractivity contribution is -0.134. The number of rotatable bonds is 7. The summed E-state index contributed by atoms with van der Waals surface area (Å²) in [5, 5.41) is 3.70. The van der Waals surface area contributed by atoms with Crippen molar-refractivity contribution in [3.8, 4) is 0 Å². The van der Waals surface area contributed by atoms with Crippen LogP contribution in [-0.4, -0.2) is 44.7 Å². The molecule has 1 saturated heterocycles. The first kappa shape index (κ1) is 22.6. The van der Waals surface area contributed by atoms with E-state index in [2.05, 4.69) is 10.3 Å². The van der Waals surface area contributed by atoms with Gasteiger partial charge in [0.1, 0.15) is 5.54 Å². The first-order valence-corrected chi connectivity index (χ1v) is 11.4. The number of carbonyl (C=O) groups is 3. The van der Waals surface area contributed by atoms with Crippen molar-refractivity contribution >= 4 is 41.0 Å². The summed E-state index contributed by atoms with van der Waals surface area (Å²) >= 11 is 12.2. The smallest absolute Gasteiger partial charge is 0.325 e. The van der Waals surface area contributed by atoms with Gasteiger partial charge in [-0.15, -0.1) is 0 Å². The molecule has 32 heavy (non-hydrogen) atoms. The number of urea groups is 1. The molecule has 2 aliphatic rings. The highest BCUT2D eigenvalue weighted by molar-refractivity contribution is 6.42. The molecule has 7 nitrogen and oxygen atoms in total. The van der Waals surface area contributed by atoms with Crippen LogP contribution in [0.2, 0.25) is 10.0 Å². The molecule has 168 valence electrons. The molecule has 2 heterocycles. The van der Waals surface area contributed by atoms with Crippen LogP contribution in [0, 0.1) is 0 Å². The number of halogens is 2. The highest BCUT2D eigenvalue weighted by atomic mass is 35.5. The Kier molecular flexibility index (Phi) is 6.67. The average Bonchev–Trinajstić information content (AvgIpc) is 3.34. The summed E-state index contributed by atoms with van der Waals surface area (Å²) < 4.78 is 0. The lowest BCUT2D eigenvalue weighted by Crippen LogP contribution is -2.44. The van der Waals surface area contributed by atoms with E-state index < -0.39 is 11.6 Å². The Hall–Kier alpha value is -2.64. The van der Waals surface area contributed by atoms with E-state index >= 15 is 0 Å². The van der Waals surface area contributed by atoms with Gasteiger partial charge >= 0.3 is 6.03 Å². The summed E-state index contributed by atoms with van der Waals surface area (Å²) in [4.78, 5) is 45.6. The Balaban J connectivity index is 1.46. The third-order valence-electron chi connectivity index (χ3n) is 6.04. The molecule has 0 radical (unpaired) electrons. The van der Waals surface area contributed by atoms with Gasteiger partial charge in [-0.2, -0.15) is 0 Å². The van der Waals surface area contributed by atoms with Gasteiger partial charge < -0.3 is 10.2 Å². The number of imide groups is 1. The summed E-state index contributed by atoms with van der Waals surface area (Å²) in [7, 11) is 0. The second-order valence-corrected chi connectivity index (χ2v) is 9.06. The van der Waals surface area contributed by atoms with Crippen molar-refractivity contribution in [3.63, 3.8) is 0 Å². The fraction of sp³-hybridized carbons (Fsp3) is 0.391. The molecule has 1 saturated carbocycles. The fourth-order valence-corrected chi connectivity index (χ4v) is 4.66. The van der Waals surface area contributed by atoms with Gasteiger partial charge in [0.2, 0.25) is 5.91 Å². The van der Waals surface area contributed by atoms with E-state index in [0.717, 1.165) is 24.1 Å². The summed E-state index contributed by atoms with van der Waals surface area (Å²) in [5.41, 5.74) is 0.790. The van der Waals surface area contributed by atoms with Crippen LogP contribution in [0.5, 0.6) is 0 Å². The zero-order chi connectivity index (χ0) is 22.7. The SMILES string of the molecule is O=C(CCN1C(=O)NC2(CCCC2)C1=O)N(Cc1ccc(Cl)c(Cl)c1)Cc1ccccn1. The molecule has 1 N–H and O–H groups in total. The maximum Gasteiger partial charge on any atom is 0.325 e. The van der Waals surface area contributed by atoms with Gasteiger partial charge in [0.25, 0.3) is 5.91 Å². The van der Waals surface area contributed by atoms with Gasteiger partial charge in [-0.25, -0.2) is 4.79 Å². The molecular weight excluding hydrogens is 451 g/mol. The van der Waals surface area contributed by atoms with Crippen LogP contribution < -0.4 is 5.32 Å². The Morgan fingerprint density at radius 3 is 2.56 bits per heavy atom. The Labute approximate surface area is 196 Å². The van der Waals surface area contributed by atoms with E-state index in [1.165, 1.54) is 4.90 Å². The molecule has 1 aliphatic heterocycles. The van der Waals surface area contributed by atoms with Gasteiger partial charge in [0.05, 0.1) is 22.3 Å². The first-order valence-electron chi connectivity index (χ1n) is 10.6. The summed E-state index contributed by atoms with van der Waals surface area (Å²) in [6.07, 6.45) is 4.85. The van der Waals surface area contributed by atoms with Crippen LogP contribution in [0.25, 0.3) is 0 Å². The largest absolute Gasteiger partial charge is 0.332 e. The van der Waals surface area contributed by atoms with Crippen LogP contribution >= 0.6 is 23.2 Å². The molecule has 1 aromatic heterocycles. The van der Waals surface area contributed by atoms with Gasteiger partial charge in [-0.05, 0) is 42.7 Å². The van der Waals surface area contributed by atoms with Crippen molar-refractivity contribution in [2.45, 2.75) is 50.7 Å². The molecule has 2 fully saturated rings. The van der Waals surface area contributed by atoms with E-state index in [0.29, 0.717) is 36.0 Å². The topological polar surface area (TPSA) is 82.6 Å². The van der Waals surface area contributed by atoms with Gasteiger partial charge in [0, 0.05) is 25.7 Å². The van der Waals surface area contributed by atoms with E-state index in [9.17, 15) is 14.4 Å². The van der Waals surface area contributed by atoms with Crippen LogP contribution in [0.3, 0.4) is 0 Å². The monoisotopic (exact) mass is 474 g/mol. The first-order chi connectivity index (χ1) is 15.4. The lowest BCUT2D eigenvalue weighted by atomic mass is 9.98. The summed E-state index contributed by atoms with van der Waals surface area (Å²) in [6.45, 7) is 0.645. The quantitative estimate of drug-likeness (QED) is 0.610. The number of hydrogen-bond donors (Lipinski definition) is 1. The van der Waals surface area contributed by atoms with Crippen molar-refractivity contribution in [1.82, 2.24) is 20.1 Å². The van der Waals surface area contributed by atoms with Crippen molar-refractivity contribution in [2.24, 2.45) is 0 Å². The Bertz CT molecular complexity index is 1030. The van der Waals surface area contributed by atoms with E-state index in [1.807, 2.05) is 24.3 Å². The normalized spacial score (nSPS) is 17.1. The third kappa shape index (κ3) is 4.74. The fourth-order valence-electron chi connectivity index (χ4n) is 4.34. The third-order valence-corrected chi connectivity index (χ3v) is 6.78. The Morgan fingerprint density at radius 1 is 1.09 bits per heavy atom. The zero-order valence-electron chi connectivity index (χ0n) is 17.5. The van der Waals surface area contributed by atoms with E-state index in [1.54, 1.807) is 23.2 Å². The zero-order valence-corrected chi connectivity index (χ0v) is 19.0. The minimum absolute atomic E-state index is 0.0311. The van der Waals surface area contributed by atoms with Gasteiger partial charge in [-0.1, -0.05) is 48.2 Å². The number of carbonyl (C=O) groups excluding carboxylic acids is 3.